The van der Waals surface area contributed by atoms with Gasteiger partial charge in [0.15, 0.2) is 6.04 Å². The van der Waals surface area contributed by atoms with Crippen LogP contribution in [0.3, 0.4) is 0 Å². The molecule has 2 aromatic rings. The molecule has 3 aliphatic rings. The number of primary amides is 1. The highest BCUT2D eigenvalue weighted by Crippen LogP contribution is 2.32. The van der Waals surface area contributed by atoms with Crippen molar-refractivity contribution >= 4 is 28.9 Å². The zero-order valence-corrected chi connectivity index (χ0v) is 15.8. The van der Waals surface area contributed by atoms with Crippen molar-refractivity contribution in [2.24, 2.45) is 11.7 Å². The van der Waals surface area contributed by atoms with Crippen molar-refractivity contribution in [2.75, 3.05) is 25.0 Å². The quantitative estimate of drug-likeness (QED) is 0.747. The van der Waals surface area contributed by atoms with Crippen molar-refractivity contribution in [3.05, 3.63) is 52.2 Å². The summed E-state index contributed by atoms with van der Waals surface area (Å²) in [5.74, 6) is -0.385. The third-order valence-corrected chi connectivity index (χ3v) is 6.35. The standard InChI is InChI=1S/C20H23N3O3S/c21-19(24)18-15(8-11-27-18)22-17(14-4-2-1-3-5-14)20(25)26-16-12-23-9-6-13(16)7-10-23/h1-5,8,11,13,16-17,22H,6-7,9-10,12H2,(H2,21,24)/t16-,17?/m0/s1. The van der Waals surface area contributed by atoms with E-state index in [0.717, 1.165) is 38.0 Å². The molecule has 1 unspecified atom stereocenters. The number of esters is 1. The van der Waals surface area contributed by atoms with Gasteiger partial charge in [-0.25, -0.2) is 4.79 Å². The minimum Gasteiger partial charge on any atom is -0.459 e. The number of hydrogen-bond donors (Lipinski definition) is 2. The highest BCUT2D eigenvalue weighted by atomic mass is 32.1. The highest BCUT2D eigenvalue weighted by molar-refractivity contribution is 7.12. The van der Waals surface area contributed by atoms with Crippen molar-refractivity contribution < 1.29 is 14.3 Å². The van der Waals surface area contributed by atoms with E-state index in [1.165, 1.54) is 11.3 Å². The second kappa shape index (κ2) is 7.70. The molecule has 0 aliphatic carbocycles. The van der Waals surface area contributed by atoms with Crippen LogP contribution in [0.25, 0.3) is 0 Å². The minimum atomic E-state index is -0.686. The molecule has 0 radical (unpaired) electrons. The number of benzene rings is 1. The maximum absolute atomic E-state index is 13.1. The number of amides is 1. The van der Waals surface area contributed by atoms with Crippen LogP contribution in [0, 0.1) is 5.92 Å². The van der Waals surface area contributed by atoms with Crippen LogP contribution in [0.15, 0.2) is 41.8 Å². The molecule has 4 heterocycles. The van der Waals surface area contributed by atoms with E-state index in [0.29, 0.717) is 16.5 Å². The zero-order chi connectivity index (χ0) is 18.8. The lowest BCUT2D eigenvalue weighted by atomic mass is 9.86. The number of ether oxygens (including phenoxy) is 1. The van der Waals surface area contributed by atoms with Crippen LogP contribution in [0.4, 0.5) is 5.69 Å². The van der Waals surface area contributed by atoms with E-state index in [9.17, 15) is 9.59 Å². The predicted octanol–water partition coefficient (Wildman–Crippen LogP) is 2.64. The molecular weight excluding hydrogens is 362 g/mol. The van der Waals surface area contributed by atoms with Crippen molar-refractivity contribution in [1.82, 2.24) is 4.90 Å². The Kier molecular flexibility index (Phi) is 5.13. The van der Waals surface area contributed by atoms with Gasteiger partial charge in [-0.1, -0.05) is 30.3 Å². The number of carbonyl (C=O) groups is 2. The second-order valence-corrected chi connectivity index (χ2v) is 8.05. The molecule has 1 amide bonds. The Balaban J connectivity index is 1.55. The van der Waals surface area contributed by atoms with Crippen molar-refractivity contribution in [1.29, 1.82) is 0 Å². The van der Waals surface area contributed by atoms with Gasteiger partial charge in [0.2, 0.25) is 0 Å². The summed E-state index contributed by atoms with van der Waals surface area (Å²) in [6, 6.07) is 10.5. The van der Waals surface area contributed by atoms with Crippen LogP contribution < -0.4 is 11.1 Å². The summed E-state index contributed by atoms with van der Waals surface area (Å²) >= 11 is 1.26. The Morgan fingerprint density at radius 2 is 1.93 bits per heavy atom. The van der Waals surface area contributed by atoms with Crippen LogP contribution >= 0.6 is 11.3 Å². The molecule has 2 atom stereocenters. The summed E-state index contributed by atoms with van der Waals surface area (Å²) in [6.07, 6.45) is 2.10. The monoisotopic (exact) mass is 385 g/mol. The molecule has 3 fully saturated rings. The zero-order valence-electron chi connectivity index (χ0n) is 15.0. The molecular formula is C20H23N3O3S. The SMILES string of the molecule is NC(=O)c1sccc1NC(C(=O)O[C@H]1CN2CCC1CC2)c1ccccc1. The number of hydrogen-bond acceptors (Lipinski definition) is 6. The van der Waals surface area contributed by atoms with E-state index in [-0.39, 0.29) is 12.1 Å². The lowest BCUT2D eigenvalue weighted by Gasteiger charge is -2.44. The normalized spacial score (nSPS) is 25.0. The Hall–Kier alpha value is -2.38. The lowest BCUT2D eigenvalue weighted by Crippen LogP contribution is -2.52. The Labute approximate surface area is 162 Å². The van der Waals surface area contributed by atoms with Gasteiger partial charge in [0.05, 0.1) is 5.69 Å². The smallest absolute Gasteiger partial charge is 0.333 e. The molecule has 3 N–H and O–H groups in total. The van der Waals surface area contributed by atoms with Crippen LogP contribution in [0.5, 0.6) is 0 Å². The number of nitrogens with two attached hydrogens (primary N) is 1. The van der Waals surface area contributed by atoms with E-state index >= 15 is 0 Å². The molecule has 3 saturated heterocycles. The van der Waals surface area contributed by atoms with Crippen LogP contribution in [-0.2, 0) is 9.53 Å². The minimum absolute atomic E-state index is 0.0638. The summed E-state index contributed by atoms with van der Waals surface area (Å²) in [4.78, 5) is 27.5. The van der Waals surface area contributed by atoms with Gasteiger partial charge in [0.25, 0.3) is 5.91 Å². The average Bonchev–Trinajstić information content (AvgIpc) is 3.16. The molecule has 1 aromatic heterocycles. The number of thiophene rings is 1. The largest absolute Gasteiger partial charge is 0.459 e. The van der Waals surface area contributed by atoms with E-state index in [2.05, 4.69) is 10.2 Å². The fourth-order valence-corrected chi connectivity index (χ4v) is 4.66. The first-order valence-electron chi connectivity index (χ1n) is 9.23. The summed E-state index contributed by atoms with van der Waals surface area (Å²) in [7, 11) is 0. The Bertz CT molecular complexity index is 815. The van der Waals surface area contributed by atoms with Crippen LogP contribution in [-0.4, -0.2) is 42.5 Å². The molecule has 142 valence electrons. The summed E-state index contributed by atoms with van der Waals surface area (Å²) in [5, 5.41) is 4.96. The fourth-order valence-electron chi connectivity index (χ4n) is 3.95. The number of nitrogens with one attached hydrogen (secondary N) is 1. The number of nitrogens with zero attached hydrogens (tertiary/aromatic N) is 1. The number of anilines is 1. The van der Waals surface area contributed by atoms with Crippen molar-refractivity contribution in [3.63, 3.8) is 0 Å². The van der Waals surface area contributed by atoms with E-state index in [4.69, 9.17) is 10.5 Å². The molecule has 6 nitrogen and oxygen atoms in total. The third kappa shape index (κ3) is 3.84. The Morgan fingerprint density at radius 3 is 2.56 bits per heavy atom. The van der Waals surface area contributed by atoms with Gasteiger partial charge in [-0.3, -0.25) is 9.69 Å². The fraction of sp³-hybridized carbons (Fsp3) is 0.400. The molecule has 1 aromatic carbocycles. The van der Waals surface area contributed by atoms with Gasteiger partial charge < -0.3 is 15.8 Å². The lowest BCUT2D eigenvalue weighted by molar-refractivity contribution is -0.159. The highest BCUT2D eigenvalue weighted by Gasteiger charge is 2.38. The Morgan fingerprint density at radius 1 is 1.19 bits per heavy atom. The van der Waals surface area contributed by atoms with Crippen molar-refractivity contribution in [2.45, 2.75) is 25.0 Å². The molecule has 5 rings (SSSR count). The predicted molar refractivity (Wildman–Crippen MR) is 105 cm³/mol. The van der Waals surface area contributed by atoms with Crippen LogP contribution in [0.1, 0.15) is 34.1 Å². The number of rotatable bonds is 6. The molecule has 0 spiro atoms. The number of fused-ring (bicyclic) bond motifs is 3. The summed E-state index contributed by atoms with van der Waals surface area (Å²) < 4.78 is 5.94. The van der Waals surface area contributed by atoms with Gasteiger partial charge in [-0.05, 0) is 48.9 Å². The first-order valence-corrected chi connectivity index (χ1v) is 10.1. The molecule has 0 saturated carbocycles. The molecule has 3 aliphatic heterocycles. The van der Waals surface area contributed by atoms with Gasteiger partial charge >= 0.3 is 5.97 Å². The first kappa shape index (κ1) is 18.0. The van der Waals surface area contributed by atoms with Gasteiger partial charge in [-0.2, -0.15) is 0 Å². The van der Waals surface area contributed by atoms with E-state index in [1.54, 1.807) is 11.4 Å². The van der Waals surface area contributed by atoms with Crippen molar-refractivity contribution in [3.8, 4) is 0 Å². The molecule has 2 bridgehead atoms. The van der Waals surface area contributed by atoms with Gasteiger partial charge in [0, 0.05) is 6.54 Å². The number of carbonyl (C=O) groups excluding carboxylic acids is 2. The van der Waals surface area contributed by atoms with E-state index < -0.39 is 11.9 Å². The second-order valence-electron chi connectivity index (χ2n) is 7.13. The third-order valence-electron chi connectivity index (χ3n) is 5.42. The van der Waals surface area contributed by atoms with Gasteiger partial charge in [-0.15, -0.1) is 11.3 Å². The first-order chi connectivity index (χ1) is 13.1. The van der Waals surface area contributed by atoms with E-state index in [1.807, 2.05) is 30.3 Å². The van der Waals surface area contributed by atoms with Gasteiger partial charge in [0.1, 0.15) is 11.0 Å². The average molecular weight is 385 g/mol. The molecule has 7 heteroatoms. The maximum Gasteiger partial charge on any atom is 0.333 e. The molecule has 27 heavy (non-hydrogen) atoms. The summed E-state index contributed by atoms with van der Waals surface area (Å²) in [5.41, 5.74) is 6.81. The summed E-state index contributed by atoms with van der Waals surface area (Å²) in [6.45, 7) is 2.99. The van der Waals surface area contributed by atoms with Crippen LogP contribution in [0.2, 0.25) is 0 Å². The number of piperidine rings is 3. The topological polar surface area (TPSA) is 84.7 Å². The maximum atomic E-state index is 13.1.